The van der Waals surface area contributed by atoms with Gasteiger partial charge in [0.1, 0.15) is 5.60 Å². The zero-order valence-corrected chi connectivity index (χ0v) is 12.3. The Kier molecular flexibility index (Phi) is 4.04. The van der Waals surface area contributed by atoms with Gasteiger partial charge in [-0.2, -0.15) is 0 Å². The molecular weight excluding hydrogens is 254 g/mol. The molecule has 4 nitrogen and oxygen atoms in total. The molecular formula is C16H23NO3. The van der Waals surface area contributed by atoms with Gasteiger partial charge in [-0.15, -0.1) is 0 Å². The summed E-state index contributed by atoms with van der Waals surface area (Å²) < 4.78 is 5.27. The monoisotopic (exact) mass is 277 g/mol. The van der Waals surface area contributed by atoms with E-state index in [4.69, 9.17) is 4.74 Å². The average molecular weight is 277 g/mol. The molecule has 0 aromatic heterocycles. The highest BCUT2D eigenvalue weighted by Gasteiger charge is 2.51. The van der Waals surface area contributed by atoms with Crippen molar-refractivity contribution in [2.24, 2.45) is 0 Å². The maximum absolute atomic E-state index is 11.9. The molecule has 1 aromatic rings. The van der Waals surface area contributed by atoms with Gasteiger partial charge in [-0.25, -0.2) is 4.79 Å². The van der Waals surface area contributed by atoms with E-state index >= 15 is 0 Å². The van der Waals surface area contributed by atoms with Crippen molar-refractivity contribution in [3.63, 3.8) is 0 Å². The second kappa shape index (κ2) is 5.44. The Balaban J connectivity index is 2.08. The van der Waals surface area contributed by atoms with Gasteiger partial charge in [-0.1, -0.05) is 30.3 Å². The van der Waals surface area contributed by atoms with E-state index in [2.05, 4.69) is 5.32 Å². The van der Waals surface area contributed by atoms with Crippen LogP contribution in [-0.4, -0.2) is 29.4 Å². The van der Waals surface area contributed by atoms with Crippen LogP contribution in [0.2, 0.25) is 0 Å². The number of aliphatic hydroxyl groups excluding tert-OH is 1. The van der Waals surface area contributed by atoms with Crippen molar-refractivity contribution >= 4 is 6.09 Å². The van der Waals surface area contributed by atoms with Crippen LogP contribution in [0.15, 0.2) is 30.3 Å². The van der Waals surface area contributed by atoms with E-state index in [0.717, 1.165) is 18.4 Å². The second-order valence-corrected chi connectivity index (χ2v) is 6.40. The van der Waals surface area contributed by atoms with E-state index in [1.165, 1.54) is 0 Å². The summed E-state index contributed by atoms with van der Waals surface area (Å²) in [7, 11) is 0. The molecule has 0 spiro atoms. The summed E-state index contributed by atoms with van der Waals surface area (Å²) in [4.78, 5) is 11.9. The Bertz CT molecular complexity index is 460. The molecule has 2 N–H and O–H groups in total. The summed E-state index contributed by atoms with van der Waals surface area (Å²) in [5, 5.41) is 12.5. The van der Waals surface area contributed by atoms with Gasteiger partial charge in [-0.05, 0) is 39.2 Å². The van der Waals surface area contributed by atoms with Gasteiger partial charge >= 0.3 is 6.09 Å². The lowest BCUT2D eigenvalue weighted by molar-refractivity contribution is 0.0465. The third kappa shape index (κ3) is 3.31. The third-order valence-electron chi connectivity index (χ3n) is 3.68. The van der Waals surface area contributed by atoms with Crippen molar-refractivity contribution < 1.29 is 14.6 Å². The van der Waals surface area contributed by atoms with Crippen LogP contribution in [0.5, 0.6) is 0 Å². The molecule has 0 saturated heterocycles. The number of nitrogens with one attached hydrogen (secondary N) is 1. The van der Waals surface area contributed by atoms with Crippen LogP contribution in [0, 0.1) is 0 Å². The normalized spacial score (nSPS) is 18.2. The standard InChI is InChI=1S/C16H23NO3/c1-15(2,3)20-14(19)17-13(11-18)16(9-10-16)12-7-5-4-6-8-12/h4-8,13,18H,9-11H2,1-3H3,(H,17,19)/t13-/m1/s1. The quantitative estimate of drug-likeness (QED) is 0.889. The number of hydrogen-bond acceptors (Lipinski definition) is 3. The zero-order valence-electron chi connectivity index (χ0n) is 12.3. The maximum Gasteiger partial charge on any atom is 0.407 e. The van der Waals surface area contributed by atoms with Crippen molar-refractivity contribution in [3.05, 3.63) is 35.9 Å². The lowest BCUT2D eigenvalue weighted by atomic mass is 9.88. The Hall–Kier alpha value is -1.55. The van der Waals surface area contributed by atoms with Crippen molar-refractivity contribution in [1.29, 1.82) is 0 Å². The lowest BCUT2D eigenvalue weighted by Gasteiger charge is -2.28. The lowest BCUT2D eigenvalue weighted by Crippen LogP contribution is -2.47. The molecule has 2 rings (SSSR count). The van der Waals surface area contributed by atoms with Gasteiger partial charge in [0, 0.05) is 5.41 Å². The SMILES string of the molecule is CC(C)(C)OC(=O)N[C@H](CO)C1(c2ccccc2)CC1. The van der Waals surface area contributed by atoms with Crippen molar-refractivity contribution in [2.75, 3.05) is 6.61 Å². The molecule has 1 atom stereocenters. The van der Waals surface area contributed by atoms with Gasteiger partial charge in [0.25, 0.3) is 0 Å². The number of hydrogen-bond donors (Lipinski definition) is 2. The zero-order chi connectivity index (χ0) is 14.8. The first-order valence-electron chi connectivity index (χ1n) is 7.03. The maximum atomic E-state index is 11.9. The number of rotatable bonds is 4. The Labute approximate surface area is 120 Å². The Morgan fingerprint density at radius 1 is 1.35 bits per heavy atom. The van der Waals surface area contributed by atoms with Gasteiger partial charge in [0.15, 0.2) is 0 Å². The fourth-order valence-electron chi connectivity index (χ4n) is 2.55. The van der Waals surface area contributed by atoms with E-state index in [9.17, 15) is 9.90 Å². The predicted molar refractivity (Wildman–Crippen MR) is 77.6 cm³/mol. The van der Waals surface area contributed by atoms with E-state index in [0.29, 0.717) is 0 Å². The minimum Gasteiger partial charge on any atom is -0.444 e. The molecule has 0 bridgehead atoms. The first kappa shape index (κ1) is 14.9. The van der Waals surface area contributed by atoms with Gasteiger partial charge < -0.3 is 15.2 Å². The topological polar surface area (TPSA) is 58.6 Å². The summed E-state index contributed by atoms with van der Waals surface area (Å²) in [5.74, 6) is 0. The predicted octanol–water partition coefficient (Wildman–Crippen LogP) is 2.60. The van der Waals surface area contributed by atoms with Crippen molar-refractivity contribution in [1.82, 2.24) is 5.32 Å². The third-order valence-corrected chi connectivity index (χ3v) is 3.68. The number of alkyl carbamates (subject to hydrolysis) is 1. The molecule has 110 valence electrons. The van der Waals surface area contributed by atoms with Gasteiger partial charge in [0.05, 0.1) is 12.6 Å². The minimum atomic E-state index is -0.534. The van der Waals surface area contributed by atoms with Gasteiger partial charge in [0.2, 0.25) is 0 Å². The number of ether oxygens (including phenoxy) is 1. The molecule has 0 radical (unpaired) electrons. The molecule has 1 aliphatic rings. The fraction of sp³-hybridized carbons (Fsp3) is 0.562. The first-order chi connectivity index (χ1) is 9.37. The summed E-state index contributed by atoms with van der Waals surface area (Å²) in [6, 6.07) is 9.72. The molecule has 1 fully saturated rings. The van der Waals surface area contributed by atoms with Crippen LogP contribution in [0.4, 0.5) is 4.79 Å². The van der Waals surface area contributed by atoms with Crippen LogP contribution in [0.3, 0.4) is 0 Å². The average Bonchev–Trinajstić information content (AvgIpc) is 3.16. The van der Waals surface area contributed by atoms with Crippen LogP contribution in [0.25, 0.3) is 0 Å². The summed E-state index contributed by atoms with van der Waals surface area (Å²) in [6.07, 6.45) is 1.47. The van der Waals surface area contributed by atoms with E-state index in [1.54, 1.807) is 0 Å². The molecule has 1 amide bonds. The van der Waals surface area contributed by atoms with E-state index in [1.807, 2.05) is 51.1 Å². The molecule has 4 heteroatoms. The molecule has 1 saturated carbocycles. The van der Waals surface area contributed by atoms with Gasteiger partial charge in [-0.3, -0.25) is 0 Å². The van der Waals surface area contributed by atoms with Crippen LogP contribution >= 0.6 is 0 Å². The summed E-state index contributed by atoms with van der Waals surface area (Å²) >= 11 is 0. The Morgan fingerprint density at radius 3 is 2.40 bits per heavy atom. The van der Waals surface area contributed by atoms with Crippen LogP contribution < -0.4 is 5.32 Å². The molecule has 0 aliphatic heterocycles. The highest BCUT2D eigenvalue weighted by Crippen LogP contribution is 2.50. The molecule has 0 unspecified atom stereocenters. The number of carbonyl (C=O) groups excluding carboxylic acids is 1. The smallest absolute Gasteiger partial charge is 0.407 e. The summed E-state index contributed by atoms with van der Waals surface area (Å²) in [6.45, 7) is 5.38. The Morgan fingerprint density at radius 2 is 1.95 bits per heavy atom. The largest absolute Gasteiger partial charge is 0.444 e. The number of amides is 1. The van der Waals surface area contributed by atoms with Crippen molar-refractivity contribution in [2.45, 2.75) is 50.7 Å². The summed E-state index contributed by atoms with van der Waals surface area (Å²) in [5.41, 5.74) is 0.482. The molecule has 20 heavy (non-hydrogen) atoms. The van der Waals surface area contributed by atoms with Crippen LogP contribution in [-0.2, 0) is 10.2 Å². The number of aliphatic hydroxyl groups is 1. The van der Waals surface area contributed by atoms with Crippen LogP contribution in [0.1, 0.15) is 39.2 Å². The van der Waals surface area contributed by atoms with Crippen molar-refractivity contribution in [3.8, 4) is 0 Å². The minimum absolute atomic E-state index is 0.0891. The fourth-order valence-corrected chi connectivity index (χ4v) is 2.55. The van der Waals surface area contributed by atoms with E-state index < -0.39 is 11.7 Å². The molecule has 0 heterocycles. The first-order valence-corrected chi connectivity index (χ1v) is 7.03. The highest BCUT2D eigenvalue weighted by molar-refractivity contribution is 5.68. The number of carbonyl (C=O) groups is 1. The number of benzene rings is 1. The van der Waals surface area contributed by atoms with E-state index in [-0.39, 0.29) is 18.1 Å². The highest BCUT2D eigenvalue weighted by atomic mass is 16.6. The second-order valence-electron chi connectivity index (χ2n) is 6.40. The molecule has 1 aromatic carbocycles. The molecule has 1 aliphatic carbocycles.